The van der Waals surface area contributed by atoms with Crippen LogP contribution in [0.4, 0.5) is 0 Å². The lowest BCUT2D eigenvalue weighted by Gasteiger charge is -2.26. The van der Waals surface area contributed by atoms with Gasteiger partial charge in [0.25, 0.3) is 0 Å². The van der Waals surface area contributed by atoms with Crippen LogP contribution in [-0.2, 0) is 19.2 Å². The van der Waals surface area contributed by atoms with Crippen LogP contribution in [0.3, 0.4) is 0 Å². The topological polar surface area (TPSA) is 197 Å². The smallest absolute Gasteiger partial charge is 0.326 e. The van der Waals surface area contributed by atoms with Crippen LogP contribution < -0.4 is 27.4 Å². The Hall–Kier alpha value is -2.24. The van der Waals surface area contributed by atoms with Gasteiger partial charge in [0.1, 0.15) is 18.1 Å². The number of aliphatic carboxylic acids is 1. The molecule has 0 saturated heterocycles. The van der Waals surface area contributed by atoms with Crippen molar-refractivity contribution < 1.29 is 29.4 Å². The second-order valence-electron chi connectivity index (χ2n) is 8.27. The summed E-state index contributed by atoms with van der Waals surface area (Å²) in [7, 11) is 0. The highest BCUT2D eigenvalue weighted by Crippen LogP contribution is 2.07. The molecule has 0 fully saturated rings. The van der Waals surface area contributed by atoms with E-state index in [0.717, 1.165) is 25.7 Å². The van der Waals surface area contributed by atoms with Crippen LogP contribution in [0.1, 0.15) is 78.1 Å². The van der Waals surface area contributed by atoms with E-state index < -0.39 is 42.0 Å². The maximum Gasteiger partial charge on any atom is 0.326 e. The molecule has 0 aliphatic heterocycles. The van der Waals surface area contributed by atoms with Crippen LogP contribution in [-0.4, -0.2) is 71.2 Å². The lowest BCUT2D eigenvalue weighted by Crippen LogP contribution is -2.59. The van der Waals surface area contributed by atoms with E-state index in [1.54, 1.807) is 0 Å². The minimum Gasteiger partial charge on any atom is -0.480 e. The molecule has 0 unspecified atom stereocenters. The predicted octanol–water partition coefficient (Wildman–Crippen LogP) is -0.255. The lowest BCUT2D eigenvalue weighted by molar-refractivity contribution is -0.143. The number of nitrogens with one attached hydrogen (secondary N) is 3. The van der Waals surface area contributed by atoms with Gasteiger partial charge in [0.2, 0.25) is 17.7 Å². The Kier molecular flexibility index (Phi) is 17.0. The lowest BCUT2D eigenvalue weighted by atomic mass is 10.1. The number of carbonyl (C=O) groups excluding carboxylic acids is 3. The molecule has 0 heterocycles. The fraction of sp³-hybridized carbons (Fsp3) is 0.818. The number of aliphatic hydroxyl groups excluding tert-OH is 1. The summed E-state index contributed by atoms with van der Waals surface area (Å²) in [5.74, 6) is -3.04. The van der Waals surface area contributed by atoms with Crippen LogP contribution in [0.5, 0.6) is 0 Å². The maximum atomic E-state index is 12.7. The van der Waals surface area contributed by atoms with Gasteiger partial charge in [0.05, 0.1) is 6.10 Å². The van der Waals surface area contributed by atoms with E-state index in [4.69, 9.17) is 11.5 Å². The number of hydrogen-bond acceptors (Lipinski definition) is 7. The SMILES string of the molecule is CCCCCCCCC(=O)N[C@@H](CCN)C(=O)N[C@H](C(=O)N[C@H](CCCN)C(=O)O)[C@@H](C)O. The molecule has 4 atom stereocenters. The average Bonchev–Trinajstić information content (AvgIpc) is 2.76. The first-order chi connectivity index (χ1) is 15.7. The van der Waals surface area contributed by atoms with Crippen molar-refractivity contribution in [2.45, 2.75) is 102 Å². The third kappa shape index (κ3) is 13.8. The van der Waals surface area contributed by atoms with Gasteiger partial charge in [-0.3, -0.25) is 14.4 Å². The molecule has 11 heteroatoms. The Labute approximate surface area is 196 Å². The zero-order valence-corrected chi connectivity index (χ0v) is 20.0. The van der Waals surface area contributed by atoms with E-state index in [-0.39, 0.29) is 38.3 Å². The summed E-state index contributed by atoms with van der Waals surface area (Å²) in [6.07, 6.45) is 5.78. The molecular weight excluding hydrogens is 430 g/mol. The molecule has 0 aromatic rings. The second kappa shape index (κ2) is 18.2. The van der Waals surface area contributed by atoms with Crippen molar-refractivity contribution in [3.05, 3.63) is 0 Å². The van der Waals surface area contributed by atoms with Crippen LogP contribution in [0.2, 0.25) is 0 Å². The van der Waals surface area contributed by atoms with E-state index in [1.807, 2.05) is 0 Å². The first kappa shape index (κ1) is 30.8. The molecule has 192 valence electrons. The van der Waals surface area contributed by atoms with Gasteiger partial charge in [0, 0.05) is 6.42 Å². The van der Waals surface area contributed by atoms with E-state index in [1.165, 1.54) is 13.3 Å². The third-order valence-electron chi connectivity index (χ3n) is 5.24. The first-order valence-electron chi connectivity index (χ1n) is 11.9. The number of nitrogens with two attached hydrogens (primary N) is 2. The summed E-state index contributed by atoms with van der Waals surface area (Å²) >= 11 is 0. The normalized spacial score (nSPS) is 14.6. The molecule has 0 spiro atoms. The van der Waals surface area contributed by atoms with Gasteiger partial charge >= 0.3 is 5.97 Å². The average molecular weight is 474 g/mol. The molecule has 33 heavy (non-hydrogen) atoms. The van der Waals surface area contributed by atoms with E-state index >= 15 is 0 Å². The number of aliphatic hydroxyl groups is 1. The van der Waals surface area contributed by atoms with Gasteiger partial charge in [-0.25, -0.2) is 4.79 Å². The van der Waals surface area contributed by atoms with E-state index in [9.17, 15) is 29.4 Å². The Bertz CT molecular complexity index is 602. The Morgan fingerprint density at radius 3 is 1.97 bits per heavy atom. The summed E-state index contributed by atoms with van der Waals surface area (Å²) in [6.45, 7) is 3.82. The number of carbonyl (C=O) groups is 4. The van der Waals surface area contributed by atoms with Crippen LogP contribution in [0.25, 0.3) is 0 Å². The van der Waals surface area contributed by atoms with Gasteiger partial charge in [0.15, 0.2) is 0 Å². The van der Waals surface area contributed by atoms with Crippen molar-refractivity contribution in [1.29, 1.82) is 0 Å². The van der Waals surface area contributed by atoms with Crippen molar-refractivity contribution in [3.63, 3.8) is 0 Å². The summed E-state index contributed by atoms with van der Waals surface area (Å²) in [5.41, 5.74) is 11.0. The quantitative estimate of drug-likeness (QED) is 0.125. The van der Waals surface area contributed by atoms with Gasteiger partial charge in [-0.15, -0.1) is 0 Å². The largest absolute Gasteiger partial charge is 0.480 e. The molecule has 0 radical (unpaired) electrons. The van der Waals surface area contributed by atoms with Gasteiger partial charge in [-0.2, -0.15) is 0 Å². The van der Waals surface area contributed by atoms with Gasteiger partial charge in [-0.1, -0.05) is 39.0 Å². The fourth-order valence-electron chi connectivity index (χ4n) is 3.27. The molecule has 9 N–H and O–H groups in total. The van der Waals surface area contributed by atoms with Crippen molar-refractivity contribution in [1.82, 2.24) is 16.0 Å². The first-order valence-corrected chi connectivity index (χ1v) is 11.9. The maximum absolute atomic E-state index is 12.7. The number of hydrogen-bond donors (Lipinski definition) is 7. The predicted molar refractivity (Wildman–Crippen MR) is 125 cm³/mol. The summed E-state index contributed by atoms with van der Waals surface area (Å²) < 4.78 is 0. The molecule has 3 amide bonds. The Morgan fingerprint density at radius 2 is 1.42 bits per heavy atom. The van der Waals surface area contributed by atoms with Crippen LogP contribution in [0.15, 0.2) is 0 Å². The molecule has 0 aliphatic rings. The van der Waals surface area contributed by atoms with Crippen molar-refractivity contribution in [2.75, 3.05) is 13.1 Å². The van der Waals surface area contributed by atoms with E-state index in [2.05, 4.69) is 22.9 Å². The molecule has 0 aromatic carbocycles. The van der Waals surface area contributed by atoms with Crippen molar-refractivity contribution in [2.24, 2.45) is 11.5 Å². The highest BCUT2D eigenvalue weighted by Gasteiger charge is 2.31. The molecule has 0 saturated carbocycles. The minimum absolute atomic E-state index is 0.113. The molecule has 0 rings (SSSR count). The molecular formula is C22H43N5O6. The molecule has 0 aliphatic carbocycles. The van der Waals surface area contributed by atoms with Gasteiger partial charge in [-0.05, 0) is 45.7 Å². The molecule has 11 nitrogen and oxygen atoms in total. The zero-order valence-electron chi connectivity index (χ0n) is 20.0. The van der Waals surface area contributed by atoms with Crippen LogP contribution in [0, 0.1) is 0 Å². The molecule has 0 bridgehead atoms. The number of unbranched alkanes of at least 4 members (excludes halogenated alkanes) is 5. The summed E-state index contributed by atoms with van der Waals surface area (Å²) in [5, 5.41) is 26.6. The van der Waals surface area contributed by atoms with E-state index in [0.29, 0.717) is 12.8 Å². The highest BCUT2D eigenvalue weighted by molar-refractivity contribution is 5.93. The summed E-state index contributed by atoms with van der Waals surface area (Å²) in [6, 6.07) is -3.56. The number of amides is 3. The number of carboxylic acid groups (broad SMARTS) is 1. The van der Waals surface area contributed by atoms with Crippen molar-refractivity contribution >= 4 is 23.7 Å². The standard InChI is InChI=1S/C22H43N5O6/c1-3-4-5-6-7-8-11-18(29)25-16(12-14-24)20(30)27-19(15(2)28)21(31)26-17(22(32)33)10-9-13-23/h15-17,19,28H,3-14,23-24H2,1-2H3,(H,25,29)(H,26,31)(H,27,30)(H,32,33)/t15-,16+,17-,19+/m1/s1. The number of carboxylic acids is 1. The Morgan fingerprint density at radius 1 is 0.788 bits per heavy atom. The van der Waals surface area contributed by atoms with Crippen LogP contribution >= 0.6 is 0 Å². The second-order valence-corrected chi connectivity index (χ2v) is 8.27. The third-order valence-corrected chi connectivity index (χ3v) is 5.24. The molecule has 0 aromatic heterocycles. The highest BCUT2D eigenvalue weighted by atomic mass is 16.4. The Balaban J connectivity index is 4.92. The number of rotatable bonds is 19. The van der Waals surface area contributed by atoms with Crippen molar-refractivity contribution in [3.8, 4) is 0 Å². The summed E-state index contributed by atoms with van der Waals surface area (Å²) in [4.78, 5) is 48.9. The van der Waals surface area contributed by atoms with Gasteiger partial charge < -0.3 is 37.6 Å². The fourth-order valence-corrected chi connectivity index (χ4v) is 3.27. The monoisotopic (exact) mass is 473 g/mol. The zero-order chi connectivity index (χ0) is 25.2. The minimum atomic E-state index is -1.40.